The van der Waals surface area contributed by atoms with E-state index in [1.165, 1.54) is 11.3 Å². The van der Waals surface area contributed by atoms with Gasteiger partial charge in [0.1, 0.15) is 6.54 Å². The van der Waals surface area contributed by atoms with Crippen molar-refractivity contribution < 1.29 is 4.79 Å². The normalized spacial score (nSPS) is 11.0. The molecule has 1 aromatic heterocycles. The lowest BCUT2D eigenvalue weighted by Gasteiger charge is -2.13. The van der Waals surface area contributed by atoms with Gasteiger partial charge in [0.05, 0.1) is 5.69 Å². The number of nitrogens with zero attached hydrogens (tertiary/aromatic N) is 4. The molecule has 2 N–H and O–H groups in total. The maximum absolute atomic E-state index is 11.7. The average molecular weight is 464 g/mol. The van der Waals surface area contributed by atoms with E-state index in [4.69, 9.17) is 0 Å². The summed E-state index contributed by atoms with van der Waals surface area (Å²) in [6, 6.07) is 0. The number of aromatic nitrogens is 2. The minimum atomic E-state index is -0.00536. The summed E-state index contributed by atoms with van der Waals surface area (Å²) in [5.41, 5.74) is 3.65. The monoisotopic (exact) mass is 464 g/mol. The average Bonchev–Trinajstić information content (AvgIpc) is 2.78. The van der Waals surface area contributed by atoms with Crippen LogP contribution in [0.4, 0.5) is 0 Å². The largest absolute Gasteiger partial charge is 0.356 e. The second kappa shape index (κ2) is 12.1. The molecule has 1 rings (SSSR count). The topological polar surface area (TPSA) is 74.6 Å². The summed E-state index contributed by atoms with van der Waals surface area (Å²) in [4.78, 5) is 17.6. The van der Waals surface area contributed by atoms with E-state index in [-0.39, 0.29) is 36.4 Å². The molecule has 1 aromatic rings. The number of aliphatic imine (C=N–C) groups is 1. The zero-order valence-electron chi connectivity index (χ0n) is 16.3. The predicted molar refractivity (Wildman–Crippen MR) is 114 cm³/mol. The van der Waals surface area contributed by atoms with Crippen LogP contribution in [-0.4, -0.2) is 60.3 Å². The summed E-state index contributed by atoms with van der Waals surface area (Å²) in [6.07, 6.45) is 2.98. The van der Waals surface area contributed by atoms with Gasteiger partial charge in [0, 0.05) is 39.9 Å². The summed E-state index contributed by atoms with van der Waals surface area (Å²) in [5.74, 6) is 0.695. The summed E-state index contributed by atoms with van der Waals surface area (Å²) < 4.78 is 1.93. The number of rotatable bonds is 8. The van der Waals surface area contributed by atoms with Crippen LogP contribution >= 0.6 is 24.0 Å². The Labute approximate surface area is 168 Å². The number of hydrogen-bond acceptors (Lipinski definition) is 3. The molecule has 7 nitrogen and oxygen atoms in total. The van der Waals surface area contributed by atoms with Crippen molar-refractivity contribution in [2.45, 2.75) is 40.0 Å². The standard InChI is InChI=1S/C17H32N6O.HI/c1-7-10-18-17(20-12-16(24)22(4)5)19-11-8-9-15-13(2)21-23(6)14(15)3;/h7-12H2,1-6H3,(H2,18,19,20);1H. The minimum absolute atomic E-state index is 0. The third-order valence-electron chi connectivity index (χ3n) is 3.97. The second-order valence-corrected chi connectivity index (χ2v) is 6.18. The van der Waals surface area contributed by atoms with E-state index < -0.39 is 0 Å². The number of carbonyl (C=O) groups excluding carboxylic acids is 1. The molecule has 1 heterocycles. The van der Waals surface area contributed by atoms with Crippen LogP contribution < -0.4 is 10.6 Å². The highest BCUT2D eigenvalue weighted by atomic mass is 127. The third-order valence-corrected chi connectivity index (χ3v) is 3.97. The Morgan fingerprint density at radius 2 is 1.88 bits per heavy atom. The van der Waals surface area contributed by atoms with E-state index in [2.05, 4.69) is 41.5 Å². The van der Waals surface area contributed by atoms with Gasteiger partial charge in [-0.1, -0.05) is 6.92 Å². The summed E-state index contributed by atoms with van der Waals surface area (Å²) in [7, 11) is 5.46. The fourth-order valence-corrected chi connectivity index (χ4v) is 2.36. The zero-order chi connectivity index (χ0) is 18.1. The lowest BCUT2D eigenvalue weighted by atomic mass is 10.1. The first kappa shape index (κ1) is 23.7. The van der Waals surface area contributed by atoms with Crippen molar-refractivity contribution in [1.29, 1.82) is 0 Å². The van der Waals surface area contributed by atoms with E-state index in [0.717, 1.165) is 38.0 Å². The minimum Gasteiger partial charge on any atom is -0.356 e. The van der Waals surface area contributed by atoms with Gasteiger partial charge in [-0.2, -0.15) is 5.10 Å². The number of hydrogen-bond donors (Lipinski definition) is 2. The fourth-order valence-electron chi connectivity index (χ4n) is 2.36. The maximum atomic E-state index is 11.7. The van der Waals surface area contributed by atoms with Crippen molar-refractivity contribution in [1.82, 2.24) is 25.3 Å². The molecule has 8 heteroatoms. The predicted octanol–water partition coefficient (Wildman–Crippen LogP) is 1.62. The van der Waals surface area contributed by atoms with Crippen molar-refractivity contribution in [3.63, 3.8) is 0 Å². The Hall–Kier alpha value is -1.32. The number of likely N-dealkylation sites (N-methyl/N-ethyl adjacent to an activating group) is 1. The SMILES string of the molecule is CCCNC(=NCC(=O)N(C)C)NCCCc1c(C)nn(C)c1C.I. The van der Waals surface area contributed by atoms with Crippen molar-refractivity contribution in [2.75, 3.05) is 33.7 Å². The molecule has 0 aromatic carbocycles. The first-order valence-electron chi connectivity index (χ1n) is 8.58. The van der Waals surface area contributed by atoms with Crippen LogP contribution in [-0.2, 0) is 18.3 Å². The molecule has 0 bridgehead atoms. The number of halogens is 1. The summed E-state index contributed by atoms with van der Waals surface area (Å²) >= 11 is 0. The van der Waals surface area contributed by atoms with Gasteiger partial charge in [0.15, 0.2) is 5.96 Å². The molecule has 0 aliphatic heterocycles. The molecule has 0 aliphatic carbocycles. The van der Waals surface area contributed by atoms with Gasteiger partial charge < -0.3 is 15.5 Å². The zero-order valence-corrected chi connectivity index (χ0v) is 18.7. The van der Waals surface area contributed by atoms with E-state index >= 15 is 0 Å². The fraction of sp³-hybridized carbons (Fsp3) is 0.706. The summed E-state index contributed by atoms with van der Waals surface area (Å²) in [6.45, 7) is 8.06. The number of nitrogens with one attached hydrogen (secondary N) is 2. The number of carbonyl (C=O) groups is 1. The maximum Gasteiger partial charge on any atom is 0.243 e. The lowest BCUT2D eigenvalue weighted by molar-refractivity contribution is -0.127. The second-order valence-electron chi connectivity index (χ2n) is 6.18. The summed E-state index contributed by atoms with van der Waals surface area (Å²) in [5, 5.41) is 11.0. The highest BCUT2D eigenvalue weighted by Gasteiger charge is 2.09. The van der Waals surface area contributed by atoms with Gasteiger partial charge in [0.2, 0.25) is 5.91 Å². The van der Waals surface area contributed by atoms with Crippen LogP contribution in [0.15, 0.2) is 4.99 Å². The van der Waals surface area contributed by atoms with Crippen molar-refractivity contribution in [3.8, 4) is 0 Å². The number of aryl methyl sites for hydroxylation is 2. The molecule has 25 heavy (non-hydrogen) atoms. The van der Waals surface area contributed by atoms with E-state index in [1.807, 2.05) is 11.7 Å². The van der Waals surface area contributed by atoms with Crippen LogP contribution in [0.25, 0.3) is 0 Å². The van der Waals surface area contributed by atoms with Crippen LogP contribution in [0, 0.1) is 13.8 Å². The Morgan fingerprint density at radius 3 is 2.40 bits per heavy atom. The first-order valence-corrected chi connectivity index (χ1v) is 8.58. The molecule has 0 unspecified atom stereocenters. The molecule has 0 spiro atoms. The molecule has 0 saturated carbocycles. The molecule has 1 amide bonds. The third kappa shape index (κ3) is 8.06. The van der Waals surface area contributed by atoms with Crippen LogP contribution in [0.3, 0.4) is 0 Å². The van der Waals surface area contributed by atoms with Gasteiger partial charge in [-0.05, 0) is 38.7 Å². The molecule has 0 fully saturated rings. The molecule has 0 radical (unpaired) electrons. The van der Waals surface area contributed by atoms with E-state index in [0.29, 0.717) is 5.96 Å². The molecule has 0 aliphatic rings. The Kier molecular flexibility index (Phi) is 11.5. The van der Waals surface area contributed by atoms with Gasteiger partial charge in [-0.3, -0.25) is 9.48 Å². The Morgan fingerprint density at radius 1 is 1.24 bits per heavy atom. The van der Waals surface area contributed by atoms with Gasteiger partial charge in [-0.25, -0.2) is 4.99 Å². The quantitative estimate of drug-likeness (QED) is 0.266. The van der Waals surface area contributed by atoms with Crippen LogP contribution in [0.1, 0.15) is 36.7 Å². The first-order chi connectivity index (χ1) is 11.4. The smallest absolute Gasteiger partial charge is 0.243 e. The van der Waals surface area contributed by atoms with Gasteiger partial charge in [0.25, 0.3) is 0 Å². The number of amides is 1. The highest BCUT2D eigenvalue weighted by molar-refractivity contribution is 14.0. The van der Waals surface area contributed by atoms with Gasteiger partial charge in [-0.15, -0.1) is 24.0 Å². The van der Waals surface area contributed by atoms with Crippen LogP contribution in [0.2, 0.25) is 0 Å². The molecule has 0 saturated heterocycles. The van der Waals surface area contributed by atoms with Crippen molar-refractivity contribution >= 4 is 35.8 Å². The van der Waals surface area contributed by atoms with E-state index in [1.54, 1.807) is 19.0 Å². The highest BCUT2D eigenvalue weighted by Crippen LogP contribution is 2.13. The lowest BCUT2D eigenvalue weighted by Crippen LogP contribution is -2.39. The molecule has 144 valence electrons. The molecular formula is C17H33IN6O. The Bertz CT molecular complexity index is 568. The molecular weight excluding hydrogens is 431 g/mol. The van der Waals surface area contributed by atoms with Crippen LogP contribution in [0.5, 0.6) is 0 Å². The number of guanidine groups is 1. The van der Waals surface area contributed by atoms with Crippen molar-refractivity contribution in [2.24, 2.45) is 12.0 Å². The van der Waals surface area contributed by atoms with E-state index in [9.17, 15) is 4.79 Å². The Balaban J connectivity index is 0.00000576. The van der Waals surface area contributed by atoms with Crippen molar-refractivity contribution in [3.05, 3.63) is 17.0 Å². The van der Waals surface area contributed by atoms with Gasteiger partial charge >= 0.3 is 0 Å². The molecule has 0 atom stereocenters.